The lowest BCUT2D eigenvalue weighted by molar-refractivity contribution is -0.142. The first-order valence-corrected chi connectivity index (χ1v) is 17.2. The van der Waals surface area contributed by atoms with Crippen molar-refractivity contribution in [3.05, 3.63) is 86.1 Å². The van der Waals surface area contributed by atoms with Crippen LogP contribution in [0.5, 0.6) is 0 Å². The highest BCUT2D eigenvalue weighted by atomic mass is 35.5. The fraction of sp³-hybridized carbons (Fsp3) is 0.333. The van der Waals surface area contributed by atoms with E-state index in [0.717, 1.165) is 23.6 Å². The molecule has 0 unspecified atom stereocenters. The summed E-state index contributed by atoms with van der Waals surface area (Å²) in [4.78, 5) is 42.2. The lowest BCUT2D eigenvalue weighted by Crippen LogP contribution is -2.51. The predicted octanol–water partition coefficient (Wildman–Crippen LogP) is 5.03. The molecular weight excluding hydrogens is 700 g/mol. The number of aromatic nitrogens is 1. The van der Waals surface area contributed by atoms with E-state index in [1.54, 1.807) is 24.3 Å². The van der Waals surface area contributed by atoms with E-state index in [2.05, 4.69) is 20.9 Å². The van der Waals surface area contributed by atoms with Gasteiger partial charge < -0.3 is 21.1 Å². The first-order chi connectivity index (χ1) is 21.8. The second-order valence-electron chi connectivity index (χ2n) is 11.2. The number of aliphatic carboxylic acids is 1. The van der Waals surface area contributed by atoms with Gasteiger partial charge in [-0.2, -0.15) is 4.31 Å². The molecule has 0 bridgehead atoms. The number of sulfonamides is 1. The van der Waals surface area contributed by atoms with E-state index >= 15 is 0 Å². The minimum absolute atomic E-state index is 0.0158. The van der Waals surface area contributed by atoms with Gasteiger partial charge in [0.15, 0.2) is 0 Å². The summed E-state index contributed by atoms with van der Waals surface area (Å²) >= 11 is 24.3. The minimum Gasteiger partial charge on any atom is -0.480 e. The van der Waals surface area contributed by atoms with Gasteiger partial charge in [-0.3, -0.25) is 14.6 Å². The SMILES string of the molecule is O=C(Nc1ccc(C[C@H](NC(=O)[C@@H]2C[C@@H](NC3CCC3)CN2S(=O)(=O)c2cc(Cl)cc(Cl)c2)C(=O)O)cc1)c1c(Cl)cncc1Cl. The Bertz CT molecular complexity index is 1720. The van der Waals surface area contributed by atoms with Crippen molar-refractivity contribution < 1.29 is 27.9 Å². The number of hydrogen-bond acceptors (Lipinski definition) is 7. The molecule has 1 aliphatic carbocycles. The largest absolute Gasteiger partial charge is 0.480 e. The molecule has 244 valence electrons. The van der Waals surface area contributed by atoms with Crippen LogP contribution >= 0.6 is 46.4 Å². The van der Waals surface area contributed by atoms with Gasteiger partial charge in [-0.15, -0.1) is 0 Å². The topological polar surface area (TPSA) is 158 Å². The molecule has 1 saturated carbocycles. The fourth-order valence-electron chi connectivity index (χ4n) is 5.40. The molecule has 4 N–H and O–H groups in total. The zero-order valence-electron chi connectivity index (χ0n) is 24.1. The van der Waals surface area contributed by atoms with Gasteiger partial charge in [-0.25, -0.2) is 13.2 Å². The second-order valence-corrected chi connectivity index (χ2v) is 14.7. The molecule has 1 saturated heterocycles. The normalized spacial score (nSPS) is 19.3. The van der Waals surface area contributed by atoms with Gasteiger partial charge in [0.1, 0.15) is 12.1 Å². The number of halogens is 4. The zero-order valence-corrected chi connectivity index (χ0v) is 27.9. The quantitative estimate of drug-likeness (QED) is 0.214. The number of carbonyl (C=O) groups excluding carboxylic acids is 2. The van der Waals surface area contributed by atoms with Crippen molar-refractivity contribution >= 4 is 79.9 Å². The molecule has 16 heteroatoms. The van der Waals surface area contributed by atoms with E-state index in [1.807, 2.05) is 0 Å². The number of carbonyl (C=O) groups is 3. The Kier molecular flexibility index (Phi) is 10.8. The van der Waals surface area contributed by atoms with Crippen molar-refractivity contribution in [1.82, 2.24) is 19.9 Å². The average Bonchev–Trinajstić information content (AvgIpc) is 3.40. The van der Waals surface area contributed by atoms with Gasteiger partial charge >= 0.3 is 5.97 Å². The lowest BCUT2D eigenvalue weighted by Gasteiger charge is -2.29. The maximum Gasteiger partial charge on any atom is 0.326 e. The average molecular weight is 729 g/mol. The molecule has 2 amide bonds. The van der Waals surface area contributed by atoms with Crippen LogP contribution in [0.25, 0.3) is 0 Å². The summed E-state index contributed by atoms with van der Waals surface area (Å²) in [5.74, 6) is -2.59. The molecule has 3 atom stereocenters. The summed E-state index contributed by atoms with van der Waals surface area (Å²) in [7, 11) is -4.23. The smallest absolute Gasteiger partial charge is 0.326 e. The van der Waals surface area contributed by atoms with Gasteiger partial charge in [-0.05, 0) is 55.2 Å². The van der Waals surface area contributed by atoms with Gasteiger partial charge in [0.05, 0.1) is 20.5 Å². The zero-order chi connectivity index (χ0) is 33.2. The highest BCUT2D eigenvalue weighted by Gasteiger charge is 2.45. The number of nitrogens with zero attached hydrogens (tertiary/aromatic N) is 2. The highest BCUT2D eigenvalue weighted by molar-refractivity contribution is 7.89. The Balaban J connectivity index is 1.30. The van der Waals surface area contributed by atoms with Crippen LogP contribution in [0.4, 0.5) is 5.69 Å². The van der Waals surface area contributed by atoms with Crippen LogP contribution in [-0.4, -0.2) is 71.3 Å². The second kappa shape index (κ2) is 14.4. The highest BCUT2D eigenvalue weighted by Crippen LogP contribution is 2.32. The number of carboxylic acid groups (broad SMARTS) is 1. The van der Waals surface area contributed by atoms with Gasteiger partial charge in [-0.1, -0.05) is 65.0 Å². The van der Waals surface area contributed by atoms with E-state index < -0.39 is 39.9 Å². The first-order valence-electron chi connectivity index (χ1n) is 14.3. The summed E-state index contributed by atoms with van der Waals surface area (Å²) in [6.45, 7) is 0.0158. The van der Waals surface area contributed by atoms with Crippen molar-refractivity contribution in [2.24, 2.45) is 0 Å². The van der Waals surface area contributed by atoms with Crippen molar-refractivity contribution in [3.63, 3.8) is 0 Å². The Morgan fingerprint density at radius 2 is 1.59 bits per heavy atom. The number of hydrogen-bond donors (Lipinski definition) is 4. The molecule has 5 rings (SSSR count). The van der Waals surface area contributed by atoms with E-state index in [9.17, 15) is 27.9 Å². The van der Waals surface area contributed by atoms with Gasteiger partial charge in [0.2, 0.25) is 15.9 Å². The molecule has 2 aliphatic rings. The minimum atomic E-state index is -4.23. The summed E-state index contributed by atoms with van der Waals surface area (Å²) in [5, 5.41) is 19.0. The third kappa shape index (κ3) is 7.93. The molecule has 46 heavy (non-hydrogen) atoms. The van der Waals surface area contributed by atoms with Crippen LogP contribution in [0.15, 0.2) is 59.8 Å². The molecule has 2 heterocycles. The standard InChI is InChI=1S/C30H29Cl4N5O6S/c31-17-9-18(32)11-22(10-17)46(44,45)39-15-21(36-19-2-1-3-19)12-26(39)28(40)38-25(30(42)43)8-16-4-6-20(7-5-16)37-29(41)27-23(33)13-35-14-24(27)34/h4-7,9-11,13-14,19,21,25-26,36H,1-3,8,12,15H2,(H,37,41)(H,38,40)(H,42,43)/t21-,25+,26+/m1/s1. The number of carboxylic acids is 1. The number of anilines is 1. The van der Waals surface area contributed by atoms with Crippen LogP contribution < -0.4 is 16.0 Å². The van der Waals surface area contributed by atoms with Crippen LogP contribution in [0.3, 0.4) is 0 Å². The Morgan fingerprint density at radius 1 is 0.957 bits per heavy atom. The Morgan fingerprint density at radius 3 is 2.15 bits per heavy atom. The molecule has 0 radical (unpaired) electrons. The number of benzene rings is 2. The number of rotatable bonds is 11. The molecule has 2 fully saturated rings. The molecule has 1 aliphatic heterocycles. The van der Waals surface area contributed by atoms with E-state index in [-0.39, 0.29) is 62.0 Å². The first kappa shape index (κ1) is 34.4. The van der Waals surface area contributed by atoms with Crippen molar-refractivity contribution in [1.29, 1.82) is 0 Å². The fourth-order valence-corrected chi connectivity index (χ4v) is 8.31. The third-order valence-corrected chi connectivity index (χ3v) is 10.8. The summed E-state index contributed by atoms with van der Waals surface area (Å²) in [6.07, 6.45) is 5.62. The van der Waals surface area contributed by atoms with Crippen molar-refractivity contribution in [3.8, 4) is 0 Å². The summed E-state index contributed by atoms with van der Waals surface area (Å²) in [5.41, 5.74) is 0.994. The summed E-state index contributed by atoms with van der Waals surface area (Å²) in [6, 6.07) is 7.63. The number of amides is 2. The van der Waals surface area contributed by atoms with Gasteiger partial charge in [0.25, 0.3) is 5.91 Å². The van der Waals surface area contributed by atoms with E-state index in [4.69, 9.17) is 46.4 Å². The van der Waals surface area contributed by atoms with E-state index in [1.165, 1.54) is 30.6 Å². The Hall–Kier alpha value is -2.97. The summed E-state index contributed by atoms with van der Waals surface area (Å²) < 4.78 is 28.6. The number of nitrogens with one attached hydrogen (secondary N) is 3. The van der Waals surface area contributed by atoms with Crippen LogP contribution in [-0.2, 0) is 26.0 Å². The molecule has 0 spiro atoms. The van der Waals surface area contributed by atoms with Crippen molar-refractivity contribution in [2.75, 3.05) is 11.9 Å². The van der Waals surface area contributed by atoms with E-state index in [0.29, 0.717) is 11.3 Å². The van der Waals surface area contributed by atoms with Crippen LogP contribution in [0.1, 0.15) is 41.6 Å². The maximum atomic E-state index is 13.8. The van der Waals surface area contributed by atoms with Crippen LogP contribution in [0.2, 0.25) is 20.1 Å². The monoisotopic (exact) mass is 727 g/mol. The predicted molar refractivity (Wildman–Crippen MR) is 175 cm³/mol. The Labute approximate surface area is 285 Å². The molecule has 3 aromatic rings. The maximum absolute atomic E-state index is 13.8. The molecule has 2 aromatic carbocycles. The number of pyridine rings is 1. The lowest BCUT2D eigenvalue weighted by atomic mass is 9.92. The molecular formula is C30H29Cl4N5O6S. The van der Waals surface area contributed by atoms with Crippen molar-refractivity contribution in [2.45, 2.75) is 61.2 Å². The van der Waals surface area contributed by atoms with Crippen LogP contribution in [0, 0.1) is 0 Å². The third-order valence-electron chi connectivity index (χ3n) is 7.92. The van der Waals surface area contributed by atoms with Gasteiger partial charge in [0, 0.05) is 53.2 Å². The molecule has 11 nitrogen and oxygen atoms in total. The molecule has 1 aromatic heterocycles.